The second-order valence-electron chi connectivity index (χ2n) is 19.2. The van der Waals surface area contributed by atoms with Crippen molar-refractivity contribution in [3.63, 3.8) is 0 Å². The van der Waals surface area contributed by atoms with Crippen molar-refractivity contribution in [2.24, 2.45) is 0 Å². The first kappa shape index (κ1) is 42.4. The molecular weight excluding hydrogens is 881 g/mol. The van der Waals surface area contributed by atoms with Crippen LogP contribution in [0.3, 0.4) is 0 Å². The predicted octanol–water partition coefficient (Wildman–Crippen LogP) is 18.8. The van der Waals surface area contributed by atoms with E-state index in [1.165, 1.54) is 88.2 Å². The van der Waals surface area contributed by atoms with Gasteiger partial charge in [-0.25, -0.2) is 0 Å². The topological polar surface area (TPSA) is 8.17 Å². The minimum absolute atomic E-state index is 0.532. The maximum absolute atomic E-state index is 2.46. The first-order chi connectivity index (χ1) is 36.2. The molecule has 0 saturated carbocycles. The van der Waals surface area contributed by atoms with Crippen LogP contribution in [0.2, 0.25) is 0 Å². The SMILES string of the molecule is c1ccc(-n2c3ccccc3c3cc(-c4cccc(-c5cccc(N(c6ccc(-c7cccc8ccccc78)cc6)c6ccc7c(c6)C(c6ccccc6)(c6ccccc6)c6ccccc6-7)c5)c4)ccc32)cc1. The van der Waals surface area contributed by atoms with Crippen molar-refractivity contribution in [3.05, 3.63) is 313 Å². The van der Waals surface area contributed by atoms with Gasteiger partial charge in [0.15, 0.2) is 0 Å². The van der Waals surface area contributed by atoms with Gasteiger partial charge < -0.3 is 9.47 Å². The van der Waals surface area contributed by atoms with Crippen LogP contribution in [0.15, 0.2) is 291 Å². The number of nitrogens with zero attached hydrogens (tertiary/aromatic N) is 2. The standard InChI is InChI=1S/C71H48N2/c1-4-24-55(25-5-1)71(56-26-6-2-7-27-56)67-35-14-12-32-63(67)64-43-42-60(48-68(64)71)72(58-40-37-50(38-41-58)62-34-18-20-49-19-10-11-31-61(49)62)59-30-17-23-53(46-59)51-21-16-22-52(45-51)54-39-44-70-66(47-54)65-33-13-15-36-69(65)73(70)57-28-8-3-9-29-57/h1-48H. The second kappa shape index (κ2) is 17.4. The first-order valence-electron chi connectivity index (χ1n) is 25.2. The van der Waals surface area contributed by atoms with Gasteiger partial charge in [-0.1, -0.05) is 218 Å². The molecule has 1 heterocycles. The summed E-state index contributed by atoms with van der Waals surface area (Å²) < 4.78 is 2.38. The fourth-order valence-electron chi connectivity index (χ4n) is 12.0. The average Bonchev–Trinajstić information content (AvgIpc) is 4.01. The molecule has 0 saturated heterocycles. The molecule has 0 fully saturated rings. The van der Waals surface area contributed by atoms with Gasteiger partial charge in [-0.15, -0.1) is 0 Å². The fourth-order valence-corrected chi connectivity index (χ4v) is 12.0. The lowest BCUT2D eigenvalue weighted by molar-refractivity contribution is 0.768. The summed E-state index contributed by atoms with van der Waals surface area (Å²) >= 11 is 0. The normalized spacial score (nSPS) is 12.5. The molecule has 0 unspecified atom stereocenters. The Kier molecular flexibility index (Phi) is 10.1. The van der Waals surface area contributed by atoms with E-state index in [0.717, 1.165) is 33.9 Å². The zero-order valence-corrected chi connectivity index (χ0v) is 40.1. The number of hydrogen-bond donors (Lipinski definition) is 0. The fraction of sp³-hybridized carbons (Fsp3) is 0.0141. The Bertz CT molecular complexity index is 4140. The molecule has 1 aliphatic carbocycles. The Hall–Kier alpha value is -9.50. The van der Waals surface area contributed by atoms with E-state index in [1.54, 1.807) is 0 Å². The van der Waals surface area contributed by atoms with Crippen molar-refractivity contribution in [1.82, 2.24) is 4.57 Å². The van der Waals surface area contributed by atoms with Crippen LogP contribution in [0.1, 0.15) is 22.3 Å². The van der Waals surface area contributed by atoms with Crippen molar-refractivity contribution in [1.29, 1.82) is 0 Å². The van der Waals surface area contributed by atoms with E-state index in [2.05, 4.69) is 301 Å². The van der Waals surface area contributed by atoms with Gasteiger partial charge in [0, 0.05) is 33.5 Å². The smallest absolute Gasteiger partial charge is 0.0714 e. The number of rotatable bonds is 9. The van der Waals surface area contributed by atoms with Crippen LogP contribution in [0.25, 0.3) is 82.8 Å². The zero-order valence-electron chi connectivity index (χ0n) is 40.1. The highest BCUT2D eigenvalue weighted by Crippen LogP contribution is 2.57. The molecule has 73 heavy (non-hydrogen) atoms. The molecule has 0 atom stereocenters. The lowest BCUT2D eigenvalue weighted by atomic mass is 9.67. The van der Waals surface area contributed by atoms with Crippen molar-refractivity contribution >= 4 is 49.6 Å². The van der Waals surface area contributed by atoms with E-state index in [1.807, 2.05) is 0 Å². The van der Waals surface area contributed by atoms with E-state index in [-0.39, 0.29) is 0 Å². The molecule has 1 aliphatic rings. The molecule has 0 spiro atoms. The maximum atomic E-state index is 2.46. The molecular formula is C71H48N2. The van der Waals surface area contributed by atoms with Gasteiger partial charge in [-0.3, -0.25) is 0 Å². The van der Waals surface area contributed by atoms with Gasteiger partial charge in [0.2, 0.25) is 0 Å². The molecule has 1 aromatic heterocycles. The summed E-state index contributed by atoms with van der Waals surface area (Å²) in [6, 6.07) is 107. The summed E-state index contributed by atoms with van der Waals surface area (Å²) in [6.07, 6.45) is 0. The van der Waals surface area contributed by atoms with Crippen LogP contribution in [-0.4, -0.2) is 4.57 Å². The molecule has 13 aromatic rings. The van der Waals surface area contributed by atoms with Crippen LogP contribution in [-0.2, 0) is 5.41 Å². The largest absolute Gasteiger partial charge is 0.310 e. The summed E-state index contributed by atoms with van der Waals surface area (Å²) in [6.45, 7) is 0. The van der Waals surface area contributed by atoms with Crippen molar-refractivity contribution in [3.8, 4) is 50.2 Å². The van der Waals surface area contributed by atoms with E-state index in [0.29, 0.717) is 0 Å². The predicted molar refractivity (Wildman–Crippen MR) is 307 cm³/mol. The first-order valence-corrected chi connectivity index (χ1v) is 25.2. The van der Waals surface area contributed by atoms with Crippen LogP contribution < -0.4 is 4.90 Å². The van der Waals surface area contributed by atoms with Crippen molar-refractivity contribution < 1.29 is 0 Å². The Morgan fingerprint density at radius 1 is 0.274 bits per heavy atom. The van der Waals surface area contributed by atoms with E-state index in [4.69, 9.17) is 0 Å². The Morgan fingerprint density at radius 2 is 0.795 bits per heavy atom. The zero-order chi connectivity index (χ0) is 48.3. The van der Waals surface area contributed by atoms with E-state index in [9.17, 15) is 0 Å². The lowest BCUT2D eigenvalue weighted by Crippen LogP contribution is -2.28. The summed E-state index contributed by atoms with van der Waals surface area (Å²) in [5, 5.41) is 4.98. The number of anilines is 3. The molecule has 0 aliphatic heterocycles. The van der Waals surface area contributed by atoms with Crippen LogP contribution in [0.4, 0.5) is 17.1 Å². The molecule has 14 rings (SSSR count). The van der Waals surface area contributed by atoms with Crippen molar-refractivity contribution in [2.45, 2.75) is 5.41 Å². The van der Waals surface area contributed by atoms with Gasteiger partial charge in [-0.05, 0) is 150 Å². The molecule has 0 bridgehead atoms. The number of hydrogen-bond acceptors (Lipinski definition) is 1. The Labute approximate surface area is 426 Å². The highest BCUT2D eigenvalue weighted by atomic mass is 15.1. The number of aromatic nitrogens is 1. The van der Waals surface area contributed by atoms with Crippen LogP contribution in [0, 0.1) is 0 Å². The van der Waals surface area contributed by atoms with Gasteiger partial charge in [0.25, 0.3) is 0 Å². The summed E-state index contributed by atoms with van der Waals surface area (Å²) in [7, 11) is 0. The minimum atomic E-state index is -0.532. The van der Waals surface area contributed by atoms with E-state index >= 15 is 0 Å². The van der Waals surface area contributed by atoms with Crippen molar-refractivity contribution in [2.75, 3.05) is 4.90 Å². The average molecular weight is 929 g/mol. The molecule has 2 heteroatoms. The second-order valence-corrected chi connectivity index (χ2v) is 19.2. The molecule has 2 nitrogen and oxygen atoms in total. The molecule has 0 amide bonds. The maximum Gasteiger partial charge on any atom is 0.0714 e. The summed E-state index contributed by atoms with van der Waals surface area (Å²) in [4.78, 5) is 2.45. The Morgan fingerprint density at radius 3 is 1.56 bits per heavy atom. The van der Waals surface area contributed by atoms with Crippen LogP contribution in [0.5, 0.6) is 0 Å². The minimum Gasteiger partial charge on any atom is -0.310 e. The Balaban J connectivity index is 0.919. The summed E-state index contributed by atoms with van der Waals surface area (Å²) in [5.41, 5.74) is 21.0. The number of fused-ring (bicyclic) bond motifs is 7. The quantitative estimate of drug-likeness (QED) is 0.140. The molecule has 0 N–H and O–H groups in total. The van der Waals surface area contributed by atoms with E-state index < -0.39 is 5.41 Å². The number of para-hydroxylation sites is 2. The lowest BCUT2D eigenvalue weighted by Gasteiger charge is -2.35. The van der Waals surface area contributed by atoms with Gasteiger partial charge >= 0.3 is 0 Å². The number of benzene rings is 12. The molecule has 342 valence electrons. The van der Waals surface area contributed by atoms with Gasteiger partial charge in [-0.2, -0.15) is 0 Å². The highest BCUT2D eigenvalue weighted by Gasteiger charge is 2.46. The third-order valence-corrected chi connectivity index (χ3v) is 15.2. The third kappa shape index (κ3) is 6.94. The molecule has 0 radical (unpaired) electrons. The van der Waals surface area contributed by atoms with Gasteiger partial charge in [0.05, 0.1) is 16.4 Å². The molecule has 12 aromatic carbocycles. The van der Waals surface area contributed by atoms with Gasteiger partial charge in [0.1, 0.15) is 0 Å². The highest BCUT2D eigenvalue weighted by molar-refractivity contribution is 6.10. The monoisotopic (exact) mass is 928 g/mol. The summed E-state index contributed by atoms with van der Waals surface area (Å²) in [5.74, 6) is 0. The third-order valence-electron chi connectivity index (χ3n) is 15.2. The van der Waals surface area contributed by atoms with Crippen LogP contribution >= 0.6 is 0 Å².